The molecule has 5 rings (SSSR count). The van der Waals surface area contributed by atoms with Crippen LogP contribution < -0.4 is 0 Å². The van der Waals surface area contributed by atoms with Crippen LogP contribution in [0, 0.1) is 11.3 Å². The smallest absolute Gasteiger partial charge is 0.226 e. The molecule has 140 valence electrons. The summed E-state index contributed by atoms with van der Waals surface area (Å²) in [5.41, 5.74) is 0.359. The molecule has 1 spiro atoms. The van der Waals surface area contributed by atoms with Crippen molar-refractivity contribution in [2.75, 3.05) is 52.5 Å². The minimum atomic E-state index is 0.338. The zero-order chi connectivity index (χ0) is 16.9. The summed E-state index contributed by atoms with van der Waals surface area (Å²) in [6.07, 6.45) is 8.96. The van der Waals surface area contributed by atoms with E-state index in [4.69, 9.17) is 4.74 Å². The number of ether oxygens (including phenoxy) is 1. The van der Waals surface area contributed by atoms with Crippen molar-refractivity contribution in [3.8, 4) is 0 Å². The summed E-state index contributed by atoms with van der Waals surface area (Å²) in [6, 6.07) is 1.47. The molecule has 1 amide bonds. The molecular weight excluding hydrogens is 314 g/mol. The monoisotopic (exact) mass is 347 g/mol. The molecule has 2 saturated carbocycles. The largest absolute Gasteiger partial charge is 0.380 e. The molecule has 2 atom stereocenters. The lowest BCUT2D eigenvalue weighted by Gasteiger charge is -2.43. The molecule has 0 aromatic heterocycles. The van der Waals surface area contributed by atoms with Crippen LogP contribution in [0.5, 0.6) is 0 Å². The van der Waals surface area contributed by atoms with Crippen molar-refractivity contribution >= 4 is 5.91 Å². The Labute approximate surface area is 151 Å². The average molecular weight is 348 g/mol. The fraction of sp³-hybridized carbons (Fsp3) is 0.950. The maximum Gasteiger partial charge on any atom is 0.226 e. The summed E-state index contributed by atoms with van der Waals surface area (Å²) < 4.78 is 5.55. The van der Waals surface area contributed by atoms with Crippen LogP contribution in [0.25, 0.3) is 0 Å². The fourth-order valence-electron chi connectivity index (χ4n) is 5.67. The Morgan fingerprint density at radius 3 is 2.20 bits per heavy atom. The second kappa shape index (κ2) is 6.50. The number of amides is 1. The van der Waals surface area contributed by atoms with Gasteiger partial charge in [0, 0.05) is 50.8 Å². The molecule has 5 heteroatoms. The summed E-state index contributed by atoms with van der Waals surface area (Å²) in [5.74, 6) is 0.815. The minimum absolute atomic E-state index is 0.338. The first-order valence-corrected chi connectivity index (χ1v) is 10.6. The summed E-state index contributed by atoms with van der Waals surface area (Å²) in [6.45, 7) is 8.33. The molecule has 5 fully saturated rings. The molecule has 3 heterocycles. The summed E-state index contributed by atoms with van der Waals surface area (Å²) >= 11 is 0. The number of rotatable bonds is 3. The van der Waals surface area contributed by atoms with E-state index in [0.29, 0.717) is 23.3 Å². The number of hydrogen-bond acceptors (Lipinski definition) is 4. The van der Waals surface area contributed by atoms with Gasteiger partial charge >= 0.3 is 0 Å². The van der Waals surface area contributed by atoms with Gasteiger partial charge in [0.1, 0.15) is 0 Å². The normalized spacial score (nSPS) is 36.6. The minimum Gasteiger partial charge on any atom is -0.380 e. The van der Waals surface area contributed by atoms with Gasteiger partial charge in [-0.1, -0.05) is 6.42 Å². The summed E-state index contributed by atoms with van der Waals surface area (Å²) in [4.78, 5) is 20.4. The molecular formula is C20H33N3O2. The fourth-order valence-corrected chi connectivity index (χ4v) is 5.67. The van der Waals surface area contributed by atoms with E-state index in [1.165, 1.54) is 51.6 Å². The topological polar surface area (TPSA) is 36.0 Å². The molecule has 3 aliphatic heterocycles. The third-order valence-electron chi connectivity index (χ3n) is 7.92. The molecule has 5 nitrogen and oxygen atoms in total. The summed E-state index contributed by atoms with van der Waals surface area (Å²) in [5, 5.41) is 0. The zero-order valence-electron chi connectivity index (χ0n) is 15.5. The molecule has 0 N–H and O–H groups in total. The zero-order valence-corrected chi connectivity index (χ0v) is 15.5. The molecule has 0 aromatic carbocycles. The summed E-state index contributed by atoms with van der Waals surface area (Å²) in [7, 11) is 0. The highest BCUT2D eigenvalue weighted by Crippen LogP contribution is 2.60. The Morgan fingerprint density at radius 2 is 1.60 bits per heavy atom. The lowest BCUT2D eigenvalue weighted by atomic mass is 9.89. The van der Waals surface area contributed by atoms with Crippen LogP contribution in [0.1, 0.15) is 44.9 Å². The first-order chi connectivity index (χ1) is 12.3. The number of nitrogens with zero attached hydrogens (tertiary/aromatic N) is 3. The van der Waals surface area contributed by atoms with Crippen LogP contribution in [0.2, 0.25) is 0 Å². The number of carbonyl (C=O) groups excluding carboxylic acids is 1. The SMILES string of the molecule is O=C(C1CC12CCN(C1CCOC1)CC2)N1CCN(C2CCC2)CC1. The molecule has 5 aliphatic rings. The molecule has 3 saturated heterocycles. The van der Waals surface area contributed by atoms with E-state index >= 15 is 0 Å². The first-order valence-electron chi connectivity index (χ1n) is 10.6. The van der Waals surface area contributed by atoms with E-state index in [9.17, 15) is 4.79 Å². The van der Waals surface area contributed by atoms with Gasteiger partial charge in [-0.15, -0.1) is 0 Å². The number of carbonyl (C=O) groups is 1. The molecule has 0 radical (unpaired) electrons. The Kier molecular flexibility index (Phi) is 4.30. The molecule has 2 aliphatic carbocycles. The Balaban J connectivity index is 1.11. The Bertz CT molecular complexity index is 499. The van der Waals surface area contributed by atoms with E-state index in [1.54, 1.807) is 0 Å². The van der Waals surface area contributed by atoms with E-state index < -0.39 is 0 Å². The number of piperazine rings is 1. The number of piperidine rings is 1. The van der Waals surface area contributed by atoms with Crippen LogP contribution in [-0.4, -0.2) is 85.2 Å². The van der Waals surface area contributed by atoms with E-state index in [1.807, 2.05) is 0 Å². The third-order valence-corrected chi connectivity index (χ3v) is 7.92. The van der Waals surface area contributed by atoms with Crippen molar-refractivity contribution in [1.29, 1.82) is 0 Å². The van der Waals surface area contributed by atoms with E-state index in [2.05, 4.69) is 14.7 Å². The first kappa shape index (κ1) is 16.5. The van der Waals surface area contributed by atoms with Crippen LogP contribution in [0.15, 0.2) is 0 Å². The Morgan fingerprint density at radius 1 is 0.880 bits per heavy atom. The number of likely N-dealkylation sites (tertiary alicyclic amines) is 1. The quantitative estimate of drug-likeness (QED) is 0.777. The second-order valence-corrected chi connectivity index (χ2v) is 9.12. The van der Waals surface area contributed by atoms with Gasteiger partial charge in [0.05, 0.1) is 6.61 Å². The lowest BCUT2D eigenvalue weighted by molar-refractivity contribution is -0.136. The van der Waals surface area contributed by atoms with Crippen molar-refractivity contribution in [2.45, 2.75) is 57.0 Å². The molecule has 2 unspecified atom stereocenters. The molecule has 25 heavy (non-hydrogen) atoms. The van der Waals surface area contributed by atoms with Gasteiger partial charge in [-0.2, -0.15) is 0 Å². The van der Waals surface area contributed by atoms with Crippen molar-refractivity contribution in [2.24, 2.45) is 11.3 Å². The molecule has 0 aromatic rings. The third kappa shape index (κ3) is 3.02. The highest BCUT2D eigenvalue weighted by Gasteiger charge is 2.59. The van der Waals surface area contributed by atoms with Crippen LogP contribution >= 0.6 is 0 Å². The van der Waals surface area contributed by atoms with Crippen LogP contribution in [-0.2, 0) is 9.53 Å². The number of hydrogen-bond donors (Lipinski definition) is 0. The standard InChI is InChI=1S/C20H33N3O2/c24-19(23-11-9-22(10-12-23)16-2-1-3-16)18-14-20(18)5-7-21(8-6-20)17-4-13-25-15-17/h16-18H,1-15H2. The highest BCUT2D eigenvalue weighted by atomic mass is 16.5. The van der Waals surface area contributed by atoms with E-state index in [0.717, 1.165) is 51.9 Å². The predicted octanol–water partition coefficient (Wildman–Crippen LogP) is 1.57. The molecule has 0 bridgehead atoms. The van der Waals surface area contributed by atoms with Gasteiger partial charge in [-0.05, 0) is 57.0 Å². The van der Waals surface area contributed by atoms with Crippen molar-refractivity contribution in [1.82, 2.24) is 14.7 Å². The van der Waals surface area contributed by atoms with Gasteiger partial charge in [-0.3, -0.25) is 14.6 Å². The van der Waals surface area contributed by atoms with Gasteiger partial charge in [0.2, 0.25) is 5.91 Å². The second-order valence-electron chi connectivity index (χ2n) is 9.12. The Hall–Kier alpha value is -0.650. The van der Waals surface area contributed by atoms with Crippen molar-refractivity contribution in [3.05, 3.63) is 0 Å². The average Bonchev–Trinajstić information content (AvgIpc) is 3.03. The van der Waals surface area contributed by atoms with Gasteiger partial charge < -0.3 is 9.64 Å². The van der Waals surface area contributed by atoms with Crippen molar-refractivity contribution < 1.29 is 9.53 Å². The van der Waals surface area contributed by atoms with Gasteiger partial charge in [-0.25, -0.2) is 0 Å². The maximum atomic E-state index is 13.0. The van der Waals surface area contributed by atoms with E-state index in [-0.39, 0.29) is 0 Å². The highest BCUT2D eigenvalue weighted by molar-refractivity contribution is 5.83. The van der Waals surface area contributed by atoms with Gasteiger partial charge in [0.25, 0.3) is 0 Å². The maximum absolute atomic E-state index is 13.0. The van der Waals surface area contributed by atoms with Crippen molar-refractivity contribution in [3.63, 3.8) is 0 Å². The lowest BCUT2D eigenvalue weighted by Crippen LogP contribution is -2.54. The van der Waals surface area contributed by atoms with Crippen LogP contribution in [0.3, 0.4) is 0 Å². The van der Waals surface area contributed by atoms with Crippen LogP contribution in [0.4, 0.5) is 0 Å². The predicted molar refractivity (Wildman–Crippen MR) is 96.4 cm³/mol. The van der Waals surface area contributed by atoms with Gasteiger partial charge in [0.15, 0.2) is 0 Å².